The molecule has 0 aromatic heterocycles. The first kappa shape index (κ1) is 16.2. The summed E-state index contributed by atoms with van der Waals surface area (Å²) < 4.78 is 0. The van der Waals surface area contributed by atoms with Gasteiger partial charge in [-0.1, -0.05) is 0 Å². The maximum Gasteiger partial charge on any atom is 0.0104 e. The van der Waals surface area contributed by atoms with Crippen LogP contribution in [0.15, 0.2) is 0 Å². The zero-order valence-electron chi connectivity index (χ0n) is 14.2. The highest BCUT2D eigenvalue weighted by atomic mass is 15.3. The van der Waals surface area contributed by atoms with Crippen LogP contribution in [0.1, 0.15) is 20.3 Å². The van der Waals surface area contributed by atoms with E-state index in [-0.39, 0.29) is 0 Å². The standard InChI is InChI=1S/C16H34N4/c1-14(2)20-12-16(13-20)6-8-18(4)10-15(16)11-19(5)9-7-17-3/h14-15,17H,6-13H2,1-5H3. The average molecular weight is 282 g/mol. The minimum Gasteiger partial charge on any atom is -0.318 e. The molecule has 1 N–H and O–H groups in total. The molecular weight excluding hydrogens is 248 g/mol. The van der Waals surface area contributed by atoms with Crippen LogP contribution in [-0.2, 0) is 0 Å². The fraction of sp³-hybridized carbons (Fsp3) is 1.00. The first-order valence-corrected chi connectivity index (χ1v) is 8.22. The molecular formula is C16H34N4. The van der Waals surface area contributed by atoms with Crippen molar-refractivity contribution in [1.82, 2.24) is 20.0 Å². The lowest BCUT2D eigenvalue weighted by molar-refractivity contribution is -0.106. The lowest BCUT2D eigenvalue weighted by Gasteiger charge is -2.59. The normalized spacial score (nSPS) is 27.4. The highest BCUT2D eigenvalue weighted by Gasteiger charge is 2.50. The van der Waals surface area contributed by atoms with Crippen molar-refractivity contribution in [2.75, 3.05) is 67.0 Å². The van der Waals surface area contributed by atoms with E-state index in [0.717, 1.165) is 19.0 Å². The largest absolute Gasteiger partial charge is 0.318 e. The van der Waals surface area contributed by atoms with E-state index >= 15 is 0 Å². The third kappa shape index (κ3) is 3.53. The van der Waals surface area contributed by atoms with Gasteiger partial charge in [0.1, 0.15) is 0 Å². The van der Waals surface area contributed by atoms with Gasteiger partial charge in [0.05, 0.1) is 0 Å². The Morgan fingerprint density at radius 1 is 1.35 bits per heavy atom. The molecule has 2 aliphatic heterocycles. The van der Waals surface area contributed by atoms with E-state index in [1.165, 1.54) is 39.1 Å². The van der Waals surface area contributed by atoms with Crippen LogP contribution in [-0.4, -0.2) is 87.7 Å². The molecule has 0 amide bonds. The van der Waals surface area contributed by atoms with Crippen molar-refractivity contribution in [2.45, 2.75) is 26.3 Å². The zero-order chi connectivity index (χ0) is 14.8. The summed E-state index contributed by atoms with van der Waals surface area (Å²) in [4.78, 5) is 7.69. The van der Waals surface area contributed by atoms with Gasteiger partial charge < -0.3 is 15.1 Å². The van der Waals surface area contributed by atoms with Crippen LogP contribution in [0.3, 0.4) is 0 Å². The number of hydrogen-bond donors (Lipinski definition) is 1. The van der Waals surface area contributed by atoms with Gasteiger partial charge in [0, 0.05) is 50.7 Å². The Morgan fingerprint density at radius 2 is 2.05 bits per heavy atom. The molecule has 0 aliphatic carbocycles. The number of nitrogens with zero attached hydrogens (tertiary/aromatic N) is 3. The van der Waals surface area contributed by atoms with Gasteiger partial charge in [0.15, 0.2) is 0 Å². The second-order valence-electron chi connectivity index (χ2n) is 7.44. The van der Waals surface area contributed by atoms with Gasteiger partial charge in [0.25, 0.3) is 0 Å². The average Bonchev–Trinajstić information content (AvgIpc) is 2.34. The van der Waals surface area contributed by atoms with E-state index in [4.69, 9.17) is 0 Å². The van der Waals surface area contributed by atoms with Gasteiger partial charge in [-0.2, -0.15) is 0 Å². The molecule has 1 atom stereocenters. The number of piperidine rings is 1. The molecule has 0 aromatic rings. The van der Waals surface area contributed by atoms with Gasteiger partial charge in [-0.15, -0.1) is 0 Å². The van der Waals surface area contributed by atoms with Crippen LogP contribution in [0.2, 0.25) is 0 Å². The summed E-state index contributed by atoms with van der Waals surface area (Å²) >= 11 is 0. The molecule has 1 unspecified atom stereocenters. The Balaban J connectivity index is 1.92. The summed E-state index contributed by atoms with van der Waals surface area (Å²) in [7, 11) is 6.60. The summed E-state index contributed by atoms with van der Waals surface area (Å²) in [5.41, 5.74) is 0.602. The molecule has 4 heteroatoms. The molecule has 0 saturated carbocycles. The molecule has 20 heavy (non-hydrogen) atoms. The number of likely N-dealkylation sites (tertiary alicyclic amines) is 2. The van der Waals surface area contributed by atoms with Gasteiger partial charge in [-0.3, -0.25) is 4.90 Å². The molecule has 1 spiro atoms. The quantitative estimate of drug-likeness (QED) is 0.778. The van der Waals surface area contributed by atoms with Crippen molar-refractivity contribution in [3.8, 4) is 0 Å². The third-order valence-electron chi connectivity index (χ3n) is 5.43. The smallest absolute Gasteiger partial charge is 0.0104 e. The maximum absolute atomic E-state index is 3.25. The van der Waals surface area contributed by atoms with Crippen LogP contribution in [0.5, 0.6) is 0 Å². The number of hydrogen-bond acceptors (Lipinski definition) is 4. The van der Waals surface area contributed by atoms with Crippen molar-refractivity contribution in [1.29, 1.82) is 0 Å². The Hall–Kier alpha value is -0.160. The van der Waals surface area contributed by atoms with Crippen LogP contribution in [0.4, 0.5) is 0 Å². The molecule has 2 rings (SSSR count). The van der Waals surface area contributed by atoms with E-state index in [1.807, 2.05) is 7.05 Å². The van der Waals surface area contributed by atoms with Crippen LogP contribution >= 0.6 is 0 Å². The first-order valence-electron chi connectivity index (χ1n) is 8.22. The van der Waals surface area contributed by atoms with Gasteiger partial charge >= 0.3 is 0 Å². The predicted molar refractivity (Wildman–Crippen MR) is 86.2 cm³/mol. The topological polar surface area (TPSA) is 21.8 Å². The molecule has 2 aliphatic rings. The van der Waals surface area contributed by atoms with Gasteiger partial charge in [-0.05, 0) is 53.9 Å². The SMILES string of the molecule is CNCCN(C)CC1CN(C)CCC12CN(C(C)C)C2. The van der Waals surface area contributed by atoms with Crippen molar-refractivity contribution >= 4 is 0 Å². The fourth-order valence-electron chi connectivity index (χ4n) is 3.84. The number of likely N-dealkylation sites (N-methyl/N-ethyl adjacent to an activating group) is 2. The van der Waals surface area contributed by atoms with E-state index < -0.39 is 0 Å². The van der Waals surface area contributed by atoms with E-state index in [0.29, 0.717) is 11.5 Å². The molecule has 0 bridgehead atoms. The lowest BCUT2D eigenvalue weighted by atomic mass is 9.64. The molecule has 2 heterocycles. The van der Waals surface area contributed by atoms with E-state index in [2.05, 4.69) is 48.0 Å². The molecule has 0 radical (unpaired) electrons. The number of rotatable bonds is 6. The van der Waals surface area contributed by atoms with Gasteiger partial charge in [-0.25, -0.2) is 0 Å². The van der Waals surface area contributed by atoms with Crippen molar-refractivity contribution in [3.05, 3.63) is 0 Å². The third-order valence-corrected chi connectivity index (χ3v) is 5.43. The second kappa shape index (κ2) is 6.73. The van der Waals surface area contributed by atoms with Crippen molar-refractivity contribution in [3.63, 3.8) is 0 Å². The highest BCUT2D eigenvalue weighted by Crippen LogP contribution is 2.45. The predicted octanol–water partition coefficient (Wildman–Crippen LogP) is 0.800. The second-order valence-corrected chi connectivity index (χ2v) is 7.44. The molecule has 4 nitrogen and oxygen atoms in total. The highest BCUT2D eigenvalue weighted by molar-refractivity contribution is 5.04. The van der Waals surface area contributed by atoms with Crippen LogP contribution in [0, 0.1) is 11.3 Å². The molecule has 2 fully saturated rings. The monoisotopic (exact) mass is 282 g/mol. The summed E-state index contributed by atoms with van der Waals surface area (Å²) in [6.45, 7) is 13.3. The Morgan fingerprint density at radius 3 is 2.65 bits per heavy atom. The Bertz CT molecular complexity index is 299. The molecule has 118 valence electrons. The van der Waals surface area contributed by atoms with E-state index in [9.17, 15) is 0 Å². The summed E-state index contributed by atoms with van der Waals surface area (Å²) in [5, 5.41) is 3.25. The minimum absolute atomic E-state index is 0.602. The Labute approximate surface area is 125 Å². The number of nitrogens with one attached hydrogen (secondary N) is 1. The summed E-state index contributed by atoms with van der Waals surface area (Å²) in [5.74, 6) is 0.832. The fourth-order valence-corrected chi connectivity index (χ4v) is 3.84. The summed E-state index contributed by atoms with van der Waals surface area (Å²) in [6, 6.07) is 0.711. The van der Waals surface area contributed by atoms with Crippen LogP contribution in [0.25, 0.3) is 0 Å². The van der Waals surface area contributed by atoms with Crippen molar-refractivity contribution < 1.29 is 0 Å². The molecule has 2 saturated heterocycles. The van der Waals surface area contributed by atoms with Crippen molar-refractivity contribution in [2.24, 2.45) is 11.3 Å². The van der Waals surface area contributed by atoms with E-state index in [1.54, 1.807) is 0 Å². The zero-order valence-corrected chi connectivity index (χ0v) is 14.2. The van der Waals surface area contributed by atoms with Crippen LogP contribution < -0.4 is 5.32 Å². The lowest BCUT2D eigenvalue weighted by Crippen LogP contribution is -2.67. The summed E-state index contributed by atoms with van der Waals surface area (Å²) in [6.07, 6.45) is 1.39. The Kier molecular flexibility index (Phi) is 5.46. The minimum atomic E-state index is 0.602. The van der Waals surface area contributed by atoms with Gasteiger partial charge in [0.2, 0.25) is 0 Å². The molecule has 0 aromatic carbocycles. The first-order chi connectivity index (χ1) is 9.47. The maximum atomic E-state index is 3.25.